The van der Waals surface area contributed by atoms with E-state index in [1.807, 2.05) is 12.1 Å². The van der Waals surface area contributed by atoms with Gasteiger partial charge in [0.2, 0.25) is 0 Å². The van der Waals surface area contributed by atoms with E-state index in [4.69, 9.17) is 9.73 Å². The summed E-state index contributed by atoms with van der Waals surface area (Å²) in [6.07, 6.45) is 5.22. The SMILES string of the molecule is CCNC(=NCC1(c2ccc(F)cc2)CCOCC1)NC1CCC(O)CC1. The molecule has 0 amide bonds. The first-order valence-corrected chi connectivity index (χ1v) is 10.2. The van der Waals surface area contributed by atoms with Gasteiger partial charge in [-0.1, -0.05) is 12.1 Å². The lowest BCUT2D eigenvalue weighted by atomic mass is 9.74. The maximum atomic E-state index is 13.4. The molecule has 1 aromatic carbocycles. The number of halogens is 1. The Morgan fingerprint density at radius 2 is 1.85 bits per heavy atom. The molecule has 1 saturated carbocycles. The van der Waals surface area contributed by atoms with Crippen LogP contribution in [0.4, 0.5) is 4.39 Å². The van der Waals surface area contributed by atoms with E-state index in [2.05, 4.69) is 17.6 Å². The smallest absolute Gasteiger partial charge is 0.191 e. The van der Waals surface area contributed by atoms with Gasteiger partial charge in [0.15, 0.2) is 5.96 Å². The summed E-state index contributed by atoms with van der Waals surface area (Å²) in [7, 11) is 0. The minimum Gasteiger partial charge on any atom is -0.393 e. The van der Waals surface area contributed by atoms with Gasteiger partial charge in [-0.2, -0.15) is 0 Å². The molecule has 0 bridgehead atoms. The molecule has 0 unspecified atom stereocenters. The molecular weight excluding hydrogens is 345 g/mol. The highest BCUT2D eigenvalue weighted by molar-refractivity contribution is 5.80. The van der Waals surface area contributed by atoms with Gasteiger partial charge in [0.1, 0.15) is 5.82 Å². The topological polar surface area (TPSA) is 65.9 Å². The Balaban J connectivity index is 1.73. The monoisotopic (exact) mass is 377 g/mol. The fourth-order valence-electron chi connectivity index (χ4n) is 4.07. The van der Waals surface area contributed by atoms with Crippen molar-refractivity contribution in [3.8, 4) is 0 Å². The van der Waals surface area contributed by atoms with Crippen LogP contribution in [0.15, 0.2) is 29.3 Å². The molecule has 0 radical (unpaired) electrons. The van der Waals surface area contributed by atoms with E-state index in [1.165, 1.54) is 12.1 Å². The van der Waals surface area contributed by atoms with Crippen LogP contribution in [0.2, 0.25) is 0 Å². The summed E-state index contributed by atoms with van der Waals surface area (Å²) in [5.74, 6) is 0.617. The second kappa shape index (κ2) is 9.51. The summed E-state index contributed by atoms with van der Waals surface area (Å²) in [4.78, 5) is 4.90. The quantitative estimate of drug-likeness (QED) is 0.545. The number of guanidine groups is 1. The summed E-state index contributed by atoms with van der Waals surface area (Å²) < 4.78 is 19.0. The standard InChI is InChI=1S/C21H32FN3O2/c1-2-23-20(25-18-7-9-19(26)10-8-18)24-15-21(11-13-27-14-12-21)16-3-5-17(22)6-4-16/h3-6,18-19,26H,2,7-15H2,1H3,(H2,23,24,25). The molecule has 1 saturated heterocycles. The van der Waals surface area contributed by atoms with Gasteiger partial charge in [-0.15, -0.1) is 0 Å². The zero-order valence-corrected chi connectivity index (χ0v) is 16.2. The maximum Gasteiger partial charge on any atom is 0.191 e. The van der Waals surface area contributed by atoms with Gasteiger partial charge < -0.3 is 20.5 Å². The Labute approximate surface area is 161 Å². The lowest BCUT2D eigenvalue weighted by Gasteiger charge is -2.37. The number of aliphatic hydroxyl groups is 1. The molecule has 1 aromatic rings. The van der Waals surface area contributed by atoms with Crippen LogP contribution < -0.4 is 10.6 Å². The molecule has 0 atom stereocenters. The highest BCUT2D eigenvalue weighted by Gasteiger charge is 2.34. The molecule has 0 spiro atoms. The van der Waals surface area contributed by atoms with Crippen molar-refractivity contribution in [2.75, 3.05) is 26.3 Å². The third-order valence-corrected chi connectivity index (χ3v) is 5.83. The number of hydrogen-bond donors (Lipinski definition) is 3. The van der Waals surface area contributed by atoms with E-state index in [0.717, 1.165) is 56.6 Å². The van der Waals surface area contributed by atoms with Crippen molar-refractivity contribution < 1.29 is 14.2 Å². The zero-order chi connectivity index (χ0) is 19.1. The second-order valence-electron chi connectivity index (χ2n) is 7.74. The summed E-state index contributed by atoms with van der Waals surface area (Å²) in [6, 6.07) is 7.20. The Morgan fingerprint density at radius 3 is 2.48 bits per heavy atom. The highest BCUT2D eigenvalue weighted by atomic mass is 19.1. The van der Waals surface area contributed by atoms with E-state index in [1.54, 1.807) is 0 Å². The van der Waals surface area contributed by atoms with Gasteiger partial charge in [0.25, 0.3) is 0 Å². The van der Waals surface area contributed by atoms with E-state index in [-0.39, 0.29) is 17.3 Å². The van der Waals surface area contributed by atoms with E-state index in [0.29, 0.717) is 25.8 Å². The van der Waals surface area contributed by atoms with Crippen molar-refractivity contribution in [3.05, 3.63) is 35.6 Å². The minimum atomic E-state index is -0.209. The van der Waals surface area contributed by atoms with Gasteiger partial charge >= 0.3 is 0 Å². The van der Waals surface area contributed by atoms with Crippen molar-refractivity contribution in [1.29, 1.82) is 0 Å². The van der Waals surface area contributed by atoms with Crippen LogP contribution in [0.3, 0.4) is 0 Å². The molecule has 6 heteroatoms. The number of ether oxygens (including phenoxy) is 1. The molecule has 1 aliphatic heterocycles. The molecule has 3 N–H and O–H groups in total. The van der Waals surface area contributed by atoms with Gasteiger partial charge in [0, 0.05) is 31.2 Å². The Hall–Kier alpha value is -1.66. The number of hydrogen-bond acceptors (Lipinski definition) is 3. The van der Waals surface area contributed by atoms with Gasteiger partial charge in [-0.05, 0) is 63.1 Å². The third kappa shape index (κ3) is 5.42. The van der Waals surface area contributed by atoms with Crippen LogP contribution in [0.5, 0.6) is 0 Å². The number of aliphatic hydroxyl groups excluding tert-OH is 1. The van der Waals surface area contributed by atoms with E-state index >= 15 is 0 Å². The van der Waals surface area contributed by atoms with Crippen molar-refractivity contribution in [1.82, 2.24) is 10.6 Å². The Bertz CT molecular complexity index is 606. The first kappa shape index (κ1) is 20.1. The molecule has 3 rings (SSSR count). The third-order valence-electron chi connectivity index (χ3n) is 5.83. The molecule has 2 fully saturated rings. The normalized spacial score (nSPS) is 25.8. The number of aliphatic imine (C=N–C) groups is 1. The number of rotatable bonds is 5. The lowest BCUT2D eigenvalue weighted by Crippen LogP contribution is -2.46. The summed E-state index contributed by atoms with van der Waals surface area (Å²) in [5, 5.41) is 16.6. The molecular formula is C21H32FN3O2. The van der Waals surface area contributed by atoms with Crippen molar-refractivity contribution >= 4 is 5.96 Å². The van der Waals surface area contributed by atoms with Crippen molar-refractivity contribution in [3.63, 3.8) is 0 Å². The van der Waals surface area contributed by atoms with Crippen LogP contribution in [-0.2, 0) is 10.2 Å². The maximum absolute atomic E-state index is 13.4. The van der Waals surface area contributed by atoms with Crippen LogP contribution >= 0.6 is 0 Å². The predicted octanol–water partition coefficient (Wildman–Crippen LogP) is 2.73. The van der Waals surface area contributed by atoms with Crippen LogP contribution in [0, 0.1) is 5.82 Å². The fraction of sp³-hybridized carbons (Fsp3) is 0.667. The van der Waals surface area contributed by atoms with E-state index in [9.17, 15) is 9.50 Å². The molecule has 2 aliphatic rings. The van der Waals surface area contributed by atoms with Crippen LogP contribution in [0.25, 0.3) is 0 Å². The summed E-state index contributed by atoms with van der Waals surface area (Å²) in [5.41, 5.74) is 1.02. The van der Waals surface area contributed by atoms with Gasteiger partial charge in [-0.25, -0.2) is 4.39 Å². The molecule has 1 heterocycles. The predicted molar refractivity (Wildman–Crippen MR) is 106 cm³/mol. The van der Waals surface area contributed by atoms with Crippen molar-refractivity contribution in [2.45, 2.75) is 63.0 Å². The fourth-order valence-corrected chi connectivity index (χ4v) is 4.07. The molecule has 0 aromatic heterocycles. The summed E-state index contributed by atoms with van der Waals surface area (Å²) >= 11 is 0. The average molecular weight is 378 g/mol. The van der Waals surface area contributed by atoms with Crippen molar-refractivity contribution in [2.24, 2.45) is 4.99 Å². The number of nitrogens with one attached hydrogen (secondary N) is 2. The highest BCUT2D eigenvalue weighted by Crippen LogP contribution is 2.35. The number of nitrogens with zero attached hydrogens (tertiary/aromatic N) is 1. The van der Waals surface area contributed by atoms with Crippen LogP contribution in [0.1, 0.15) is 51.0 Å². The number of benzene rings is 1. The molecule has 150 valence electrons. The largest absolute Gasteiger partial charge is 0.393 e. The first-order chi connectivity index (χ1) is 13.1. The Kier molecular flexibility index (Phi) is 7.07. The minimum absolute atomic E-state index is 0.114. The van der Waals surface area contributed by atoms with Gasteiger partial charge in [-0.3, -0.25) is 4.99 Å². The average Bonchev–Trinajstić information content (AvgIpc) is 2.69. The molecule has 1 aliphatic carbocycles. The Morgan fingerprint density at radius 1 is 1.19 bits per heavy atom. The summed E-state index contributed by atoms with van der Waals surface area (Å²) in [6.45, 7) is 4.92. The molecule has 27 heavy (non-hydrogen) atoms. The van der Waals surface area contributed by atoms with Crippen LogP contribution in [-0.4, -0.2) is 49.5 Å². The first-order valence-electron chi connectivity index (χ1n) is 10.2. The van der Waals surface area contributed by atoms with E-state index < -0.39 is 0 Å². The van der Waals surface area contributed by atoms with Gasteiger partial charge in [0.05, 0.1) is 12.6 Å². The zero-order valence-electron chi connectivity index (χ0n) is 16.2. The second-order valence-corrected chi connectivity index (χ2v) is 7.74. The molecule has 5 nitrogen and oxygen atoms in total. The lowest BCUT2D eigenvalue weighted by molar-refractivity contribution is 0.0530.